The lowest BCUT2D eigenvalue weighted by atomic mass is 9.62. The fraction of sp³-hybridized carbons (Fsp3) is 0.333. The van der Waals surface area contributed by atoms with E-state index in [0.717, 1.165) is 45.8 Å². The van der Waals surface area contributed by atoms with Gasteiger partial charge in [0, 0.05) is 12.2 Å². The number of fused-ring (bicyclic) bond motifs is 1. The van der Waals surface area contributed by atoms with Gasteiger partial charge in [-0.25, -0.2) is 0 Å². The number of aryl methyl sites for hydroxylation is 1. The molecule has 1 aliphatic rings. The minimum Gasteiger partial charge on any atom is -0.316 e. The van der Waals surface area contributed by atoms with E-state index >= 15 is 0 Å². The Hall–Kier alpha value is -4.02. The molecule has 0 saturated heterocycles. The molecule has 4 heteroatoms. The summed E-state index contributed by atoms with van der Waals surface area (Å²) in [5.41, 5.74) is 17.5. The van der Waals surface area contributed by atoms with Crippen LogP contribution < -0.4 is 37.5 Å². The zero-order valence-electron chi connectivity index (χ0n) is 29.7. The van der Waals surface area contributed by atoms with Crippen molar-refractivity contribution in [1.82, 2.24) is 10.7 Å². The van der Waals surface area contributed by atoms with E-state index in [9.17, 15) is 0 Å². The van der Waals surface area contributed by atoms with Gasteiger partial charge in [-0.2, -0.15) is 0 Å². The van der Waals surface area contributed by atoms with Crippen LogP contribution in [0.15, 0.2) is 96.8 Å². The number of rotatable bonds is 11. The van der Waals surface area contributed by atoms with Gasteiger partial charge in [0.15, 0.2) is 7.28 Å². The van der Waals surface area contributed by atoms with Crippen molar-refractivity contribution >= 4 is 42.6 Å². The van der Waals surface area contributed by atoms with Crippen molar-refractivity contribution in [3.05, 3.63) is 129 Å². The van der Waals surface area contributed by atoms with Crippen molar-refractivity contribution in [3.63, 3.8) is 0 Å². The zero-order valence-corrected chi connectivity index (χ0v) is 29.7. The van der Waals surface area contributed by atoms with Gasteiger partial charge in [0.2, 0.25) is 0 Å². The van der Waals surface area contributed by atoms with Crippen LogP contribution in [0.4, 0.5) is 5.69 Å². The zero-order chi connectivity index (χ0) is 33.9. The minimum absolute atomic E-state index is 0.0434. The van der Waals surface area contributed by atoms with Crippen LogP contribution in [0.5, 0.6) is 0 Å². The first-order valence-corrected chi connectivity index (χ1v) is 16.6. The molecule has 3 nitrogen and oxygen atoms in total. The number of nitrogens with one attached hydrogen (secondary N) is 3. The summed E-state index contributed by atoms with van der Waals surface area (Å²) in [7, 11) is 4.19. The van der Waals surface area contributed by atoms with Crippen LogP contribution in [0.25, 0.3) is 18.7 Å². The second-order valence-corrected chi connectivity index (χ2v) is 13.8. The van der Waals surface area contributed by atoms with Crippen LogP contribution in [-0.2, 0) is 11.8 Å². The standard InChI is InChI=1S/C35H40BN2.C7H15N/c1-23(2)31(18-19-32-24(3)11-9-12-25(32)4)26(5)37-38-34-22-29(35(6,7)8)16-20-33(34)36-30-17-15-27-13-10-14-28(27)21-30;1-7(2)5-4-6-8-3/h9-12,14-23,37-38H,3,5,13H2,1-2,4,6-8H3;4-5,7-8H,6H2,1-3H3/b31-18+,32-19+;5-4-. The van der Waals surface area contributed by atoms with E-state index in [1.165, 1.54) is 27.7 Å². The summed E-state index contributed by atoms with van der Waals surface area (Å²) < 4.78 is 0. The summed E-state index contributed by atoms with van der Waals surface area (Å²) in [5, 5.41) is 5.22. The predicted molar refractivity (Wildman–Crippen MR) is 206 cm³/mol. The molecular formula is C42H55BN3. The van der Waals surface area contributed by atoms with Gasteiger partial charge in [-0.05, 0) is 82.0 Å². The molecule has 0 aliphatic heterocycles. The summed E-state index contributed by atoms with van der Waals surface area (Å²) in [4.78, 5) is 0. The van der Waals surface area contributed by atoms with Crippen LogP contribution >= 0.6 is 0 Å². The quantitative estimate of drug-likeness (QED) is 0.0961. The van der Waals surface area contributed by atoms with Crippen LogP contribution in [0, 0.1) is 18.8 Å². The summed E-state index contributed by atoms with van der Waals surface area (Å²) in [6.45, 7) is 27.1. The third kappa shape index (κ3) is 10.8. The third-order valence-corrected chi connectivity index (χ3v) is 8.05. The molecule has 0 heterocycles. The number of hydrogen-bond acceptors (Lipinski definition) is 3. The van der Waals surface area contributed by atoms with Gasteiger partial charge in [0.25, 0.3) is 0 Å². The molecule has 3 aromatic carbocycles. The Morgan fingerprint density at radius 1 is 1.02 bits per heavy atom. The third-order valence-electron chi connectivity index (χ3n) is 8.05. The van der Waals surface area contributed by atoms with Crippen LogP contribution in [0.1, 0.15) is 70.7 Å². The molecule has 0 bridgehead atoms. The summed E-state index contributed by atoms with van der Waals surface area (Å²) >= 11 is 0. The molecule has 3 aromatic rings. The molecule has 0 fully saturated rings. The van der Waals surface area contributed by atoms with E-state index < -0.39 is 0 Å². The van der Waals surface area contributed by atoms with Crippen molar-refractivity contribution in [1.29, 1.82) is 0 Å². The number of likely N-dealkylation sites (N-methyl/N-ethyl adjacent to an activating group) is 1. The highest BCUT2D eigenvalue weighted by atomic mass is 15.4. The Bertz CT molecular complexity index is 1680. The Morgan fingerprint density at radius 2 is 1.78 bits per heavy atom. The van der Waals surface area contributed by atoms with Crippen molar-refractivity contribution in [2.75, 3.05) is 19.0 Å². The van der Waals surface area contributed by atoms with Gasteiger partial charge < -0.3 is 16.2 Å². The highest BCUT2D eigenvalue weighted by Crippen LogP contribution is 2.24. The number of benzene rings is 3. The first-order chi connectivity index (χ1) is 21.8. The molecule has 241 valence electrons. The van der Waals surface area contributed by atoms with Gasteiger partial charge >= 0.3 is 0 Å². The second-order valence-electron chi connectivity index (χ2n) is 13.8. The molecule has 0 unspecified atom stereocenters. The van der Waals surface area contributed by atoms with Gasteiger partial charge in [-0.1, -0.05) is 158 Å². The van der Waals surface area contributed by atoms with Gasteiger partial charge in [-0.3, -0.25) is 0 Å². The molecule has 0 spiro atoms. The molecule has 0 amide bonds. The van der Waals surface area contributed by atoms with Gasteiger partial charge in [0.05, 0.1) is 5.70 Å². The van der Waals surface area contributed by atoms with E-state index in [-0.39, 0.29) is 5.41 Å². The minimum atomic E-state index is 0.0434. The van der Waals surface area contributed by atoms with E-state index in [1.54, 1.807) is 0 Å². The Morgan fingerprint density at radius 3 is 2.43 bits per heavy atom. The van der Waals surface area contributed by atoms with Gasteiger partial charge in [-0.15, -0.1) is 0 Å². The van der Waals surface area contributed by atoms with Gasteiger partial charge in [0.1, 0.15) is 0 Å². The number of hydrogen-bond donors (Lipinski definition) is 3. The first-order valence-electron chi connectivity index (χ1n) is 16.6. The maximum Gasteiger partial charge on any atom is 0.194 e. The normalized spacial score (nSPS) is 13.2. The SMILES string of the molecule is C=C(NNc1cc(C(C)(C)C)ccc1[B]c1ccc2c(c1)C=CC2)/C(=C/C=c1/c(C)cccc1=C)C(C)C.CNC/C=C\C(C)C. The highest BCUT2D eigenvalue weighted by molar-refractivity contribution is 6.68. The maximum atomic E-state index is 4.38. The maximum absolute atomic E-state index is 4.38. The molecule has 3 N–H and O–H groups in total. The average Bonchev–Trinajstić information content (AvgIpc) is 3.46. The Balaban J connectivity index is 0.000000637. The number of hydrazine groups is 1. The number of allylic oxidation sites excluding steroid dienone is 4. The fourth-order valence-electron chi connectivity index (χ4n) is 5.26. The number of anilines is 1. The van der Waals surface area contributed by atoms with Crippen LogP contribution in [-0.4, -0.2) is 20.9 Å². The summed E-state index contributed by atoms with van der Waals surface area (Å²) in [6.07, 6.45) is 14.1. The lowest BCUT2D eigenvalue weighted by molar-refractivity contribution is 0.590. The largest absolute Gasteiger partial charge is 0.316 e. The van der Waals surface area contributed by atoms with Crippen molar-refractivity contribution < 1.29 is 0 Å². The molecule has 1 radical (unpaired) electrons. The highest BCUT2D eigenvalue weighted by Gasteiger charge is 2.17. The molecule has 1 aliphatic carbocycles. The molecular weight excluding hydrogens is 557 g/mol. The summed E-state index contributed by atoms with van der Waals surface area (Å²) in [6, 6.07) is 19.6. The monoisotopic (exact) mass is 612 g/mol. The molecule has 4 rings (SSSR count). The molecule has 0 aromatic heterocycles. The molecule has 0 saturated carbocycles. The Labute approximate surface area is 280 Å². The first kappa shape index (κ1) is 36.5. The lowest BCUT2D eigenvalue weighted by Crippen LogP contribution is -2.34. The van der Waals surface area contributed by atoms with Crippen LogP contribution in [0.2, 0.25) is 0 Å². The molecule has 0 atom stereocenters. The predicted octanol–water partition coefficient (Wildman–Crippen LogP) is 6.84. The smallest absolute Gasteiger partial charge is 0.194 e. The average molecular weight is 613 g/mol. The summed E-state index contributed by atoms with van der Waals surface area (Å²) in [5.74, 6) is 0.986. The lowest BCUT2D eigenvalue weighted by Gasteiger charge is -2.23. The van der Waals surface area contributed by atoms with Crippen molar-refractivity contribution in [3.8, 4) is 0 Å². The molecule has 46 heavy (non-hydrogen) atoms. The van der Waals surface area contributed by atoms with Crippen LogP contribution in [0.3, 0.4) is 0 Å². The topological polar surface area (TPSA) is 36.1 Å². The Kier molecular flexibility index (Phi) is 13.5. The fourth-order valence-corrected chi connectivity index (χ4v) is 5.26. The second kappa shape index (κ2) is 17.1. The van der Waals surface area contributed by atoms with Crippen molar-refractivity contribution in [2.45, 2.75) is 67.2 Å². The van der Waals surface area contributed by atoms with Crippen molar-refractivity contribution in [2.24, 2.45) is 11.8 Å². The van der Waals surface area contributed by atoms with E-state index in [4.69, 9.17) is 0 Å². The van der Waals surface area contributed by atoms with E-state index in [2.05, 4.69) is 171 Å². The van der Waals surface area contributed by atoms with E-state index in [0.29, 0.717) is 11.8 Å². The van der Waals surface area contributed by atoms with E-state index in [1.807, 2.05) is 19.2 Å².